The van der Waals surface area contributed by atoms with Gasteiger partial charge in [-0.25, -0.2) is 9.97 Å². The average Bonchev–Trinajstić information content (AvgIpc) is 2.50. The summed E-state index contributed by atoms with van der Waals surface area (Å²) in [6.45, 7) is 3.70. The number of nitrogens with zero attached hydrogens (tertiary/aromatic N) is 4. The molecule has 0 aliphatic heterocycles. The maximum Gasteiger partial charge on any atom is 0.183 e. The van der Waals surface area contributed by atoms with Crippen LogP contribution in [0, 0.1) is 29.7 Å². The first-order chi connectivity index (χ1) is 10.2. The summed E-state index contributed by atoms with van der Waals surface area (Å²) in [6, 6.07) is 11.8. The molecule has 1 heterocycles. The van der Waals surface area contributed by atoms with Crippen LogP contribution in [0.3, 0.4) is 0 Å². The highest BCUT2D eigenvalue weighted by Crippen LogP contribution is 2.23. The van der Waals surface area contributed by atoms with Crippen molar-refractivity contribution in [1.82, 2.24) is 9.97 Å². The van der Waals surface area contributed by atoms with E-state index >= 15 is 0 Å². The molecular formula is C15H14N6. The Bertz CT molecular complexity index is 711. The van der Waals surface area contributed by atoms with Gasteiger partial charge in [0.15, 0.2) is 23.5 Å². The van der Waals surface area contributed by atoms with Gasteiger partial charge in [0.1, 0.15) is 6.07 Å². The number of benzene rings is 1. The molecule has 0 amide bonds. The average molecular weight is 278 g/mol. The quantitative estimate of drug-likeness (QED) is 0.659. The van der Waals surface area contributed by atoms with Crippen molar-refractivity contribution >= 4 is 11.6 Å². The molecule has 2 aromatic rings. The lowest BCUT2D eigenvalue weighted by Crippen LogP contribution is -2.12. The van der Waals surface area contributed by atoms with Crippen molar-refractivity contribution in [1.29, 1.82) is 10.5 Å². The summed E-state index contributed by atoms with van der Waals surface area (Å²) in [5.41, 5.74) is 1.80. The fraction of sp³-hybridized carbons (Fsp3) is 0.200. The van der Waals surface area contributed by atoms with Crippen molar-refractivity contribution in [3.05, 3.63) is 47.3 Å². The van der Waals surface area contributed by atoms with Crippen molar-refractivity contribution in [2.45, 2.75) is 19.9 Å². The van der Waals surface area contributed by atoms with Crippen LogP contribution in [-0.2, 0) is 0 Å². The van der Waals surface area contributed by atoms with Gasteiger partial charge in [-0.3, -0.25) is 5.32 Å². The number of rotatable bonds is 4. The molecule has 1 unspecified atom stereocenters. The van der Waals surface area contributed by atoms with Crippen molar-refractivity contribution < 1.29 is 0 Å². The summed E-state index contributed by atoms with van der Waals surface area (Å²) < 4.78 is 0. The molecule has 0 aliphatic rings. The topological polar surface area (TPSA) is 97.4 Å². The summed E-state index contributed by atoms with van der Waals surface area (Å²) in [6.07, 6.45) is 1.81. The van der Waals surface area contributed by atoms with E-state index in [0.717, 1.165) is 5.56 Å². The lowest BCUT2D eigenvalue weighted by Gasteiger charge is -2.17. The van der Waals surface area contributed by atoms with E-state index in [1.54, 1.807) is 13.1 Å². The predicted octanol–water partition coefficient (Wildman–Crippen LogP) is 2.72. The number of aromatic nitrogens is 2. The maximum atomic E-state index is 8.98. The fourth-order valence-corrected chi connectivity index (χ4v) is 1.90. The normalized spacial score (nSPS) is 11.0. The van der Waals surface area contributed by atoms with Crippen LogP contribution in [0.4, 0.5) is 11.6 Å². The molecule has 104 valence electrons. The maximum absolute atomic E-state index is 8.98. The Kier molecular flexibility index (Phi) is 4.33. The third-order valence-electron chi connectivity index (χ3n) is 3.00. The Hall–Kier alpha value is -3.12. The van der Waals surface area contributed by atoms with Gasteiger partial charge in [-0.05, 0) is 19.4 Å². The SMILES string of the molecule is Cc1nc(NC(C)c2ccccc2)c(NC#N)nc1C#N. The van der Waals surface area contributed by atoms with E-state index in [9.17, 15) is 0 Å². The van der Waals surface area contributed by atoms with Gasteiger partial charge in [0, 0.05) is 0 Å². The molecule has 0 saturated heterocycles. The summed E-state index contributed by atoms with van der Waals surface area (Å²) >= 11 is 0. The smallest absolute Gasteiger partial charge is 0.183 e. The van der Waals surface area contributed by atoms with E-state index in [0.29, 0.717) is 11.5 Å². The Labute approximate surface area is 123 Å². The van der Waals surface area contributed by atoms with Gasteiger partial charge >= 0.3 is 0 Å². The standard InChI is InChI=1S/C15H14N6/c1-10(12-6-4-3-5-7-12)19-15-14(18-9-17)21-13(8-16)11(2)20-15/h3-7,10H,1-2H3,(H,18,21)(H,19,20). The monoisotopic (exact) mass is 278 g/mol. The molecule has 2 rings (SSSR count). The van der Waals surface area contributed by atoms with E-state index in [-0.39, 0.29) is 17.6 Å². The first-order valence-electron chi connectivity index (χ1n) is 6.41. The molecule has 1 atom stereocenters. The van der Waals surface area contributed by atoms with E-state index in [1.165, 1.54) is 0 Å². The fourth-order valence-electron chi connectivity index (χ4n) is 1.90. The molecule has 2 N–H and O–H groups in total. The zero-order valence-electron chi connectivity index (χ0n) is 11.8. The van der Waals surface area contributed by atoms with Crippen LogP contribution in [0.1, 0.15) is 29.9 Å². The summed E-state index contributed by atoms with van der Waals surface area (Å²) in [4.78, 5) is 8.43. The van der Waals surface area contributed by atoms with Gasteiger partial charge in [0.25, 0.3) is 0 Å². The minimum absolute atomic E-state index is 0.00733. The van der Waals surface area contributed by atoms with Crippen LogP contribution in [-0.4, -0.2) is 9.97 Å². The predicted molar refractivity (Wildman–Crippen MR) is 79.2 cm³/mol. The van der Waals surface area contributed by atoms with Gasteiger partial charge in [0.05, 0.1) is 11.7 Å². The first kappa shape index (κ1) is 14.3. The van der Waals surface area contributed by atoms with Crippen molar-refractivity contribution in [2.75, 3.05) is 10.6 Å². The Balaban J connectivity index is 2.33. The highest BCUT2D eigenvalue weighted by Gasteiger charge is 2.14. The van der Waals surface area contributed by atoms with Crippen LogP contribution >= 0.6 is 0 Å². The minimum atomic E-state index is -0.00733. The van der Waals surface area contributed by atoms with Crippen LogP contribution < -0.4 is 10.6 Å². The lowest BCUT2D eigenvalue weighted by atomic mass is 10.1. The second-order valence-electron chi connectivity index (χ2n) is 4.48. The van der Waals surface area contributed by atoms with Crippen molar-refractivity contribution in [3.8, 4) is 12.3 Å². The zero-order chi connectivity index (χ0) is 15.2. The number of hydrogen-bond acceptors (Lipinski definition) is 6. The van der Waals surface area contributed by atoms with Gasteiger partial charge < -0.3 is 5.32 Å². The number of nitrogens with one attached hydrogen (secondary N) is 2. The molecule has 1 aromatic heterocycles. The van der Waals surface area contributed by atoms with Gasteiger partial charge in [0.2, 0.25) is 0 Å². The molecule has 6 heteroatoms. The van der Waals surface area contributed by atoms with E-state index in [1.807, 2.05) is 43.3 Å². The second kappa shape index (κ2) is 6.36. The van der Waals surface area contributed by atoms with Crippen LogP contribution in [0.25, 0.3) is 0 Å². The van der Waals surface area contributed by atoms with Gasteiger partial charge in [-0.2, -0.15) is 10.5 Å². The third-order valence-corrected chi connectivity index (χ3v) is 3.00. The summed E-state index contributed by atoms with van der Waals surface area (Å²) in [5, 5.41) is 23.4. The second-order valence-corrected chi connectivity index (χ2v) is 4.48. The van der Waals surface area contributed by atoms with Gasteiger partial charge in [-0.1, -0.05) is 30.3 Å². The molecule has 21 heavy (non-hydrogen) atoms. The Morgan fingerprint density at radius 1 is 1.10 bits per heavy atom. The Morgan fingerprint density at radius 2 is 1.81 bits per heavy atom. The summed E-state index contributed by atoms with van der Waals surface area (Å²) in [5.74, 6) is 0.701. The van der Waals surface area contributed by atoms with E-state index in [4.69, 9.17) is 10.5 Å². The largest absolute Gasteiger partial charge is 0.360 e. The van der Waals surface area contributed by atoms with Crippen LogP contribution in [0.2, 0.25) is 0 Å². The molecule has 0 aliphatic carbocycles. The van der Waals surface area contributed by atoms with Crippen molar-refractivity contribution in [2.24, 2.45) is 0 Å². The molecule has 0 fully saturated rings. The molecule has 1 aromatic carbocycles. The van der Waals surface area contributed by atoms with Crippen LogP contribution in [0.15, 0.2) is 30.3 Å². The zero-order valence-corrected chi connectivity index (χ0v) is 11.8. The lowest BCUT2D eigenvalue weighted by molar-refractivity contribution is 0.868. The van der Waals surface area contributed by atoms with E-state index < -0.39 is 0 Å². The first-order valence-corrected chi connectivity index (χ1v) is 6.41. The van der Waals surface area contributed by atoms with Gasteiger partial charge in [-0.15, -0.1) is 0 Å². The van der Waals surface area contributed by atoms with E-state index in [2.05, 4.69) is 20.6 Å². The van der Waals surface area contributed by atoms with Crippen LogP contribution in [0.5, 0.6) is 0 Å². The number of anilines is 2. The van der Waals surface area contributed by atoms with Crippen molar-refractivity contribution in [3.63, 3.8) is 0 Å². The highest BCUT2D eigenvalue weighted by atomic mass is 15.1. The minimum Gasteiger partial charge on any atom is -0.360 e. The number of hydrogen-bond donors (Lipinski definition) is 2. The number of aryl methyl sites for hydroxylation is 1. The molecule has 6 nitrogen and oxygen atoms in total. The molecule has 0 spiro atoms. The number of nitriles is 2. The summed E-state index contributed by atoms with van der Waals surface area (Å²) in [7, 11) is 0. The molecule has 0 saturated carbocycles. The highest BCUT2D eigenvalue weighted by molar-refractivity contribution is 5.63. The molecule has 0 bridgehead atoms. The third kappa shape index (κ3) is 3.26. The Morgan fingerprint density at radius 3 is 2.43 bits per heavy atom. The molecular weight excluding hydrogens is 264 g/mol. The molecule has 0 radical (unpaired) electrons.